The molecule has 0 spiro atoms. The molecule has 5 nitrogen and oxygen atoms in total. The van der Waals surface area contributed by atoms with Gasteiger partial charge >= 0.3 is 6.03 Å². The monoisotopic (exact) mass is 343 g/mol. The van der Waals surface area contributed by atoms with E-state index >= 15 is 0 Å². The summed E-state index contributed by atoms with van der Waals surface area (Å²) in [5.41, 5.74) is 0. The van der Waals surface area contributed by atoms with Gasteiger partial charge in [0.15, 0.2) is 0 Å². The molecule has 0 aromatic heterocycles. The second-order valence-corrected chi connectivity index (χ2v) is 7.20. The molecule has 3 amide bonds. The highest BCUT2D eigenvalue weighted by Crippen LogP contribution is 2.33. The summed E-state index contributed by atoms with van der Waals surface area (Å²) in [7, 11) is 0. The molecule has 0 radical (unpaired) electrons. The molecule has 3 unspecified atom stereocenters. The number of unbranched alkanes of at least 4 members (excludes halogenated alkanes) is 3. The fourth-order valence-corrected chi connectivity index (χ4v) is 4.51. The molecule has 23 heavy (non-hydrogen) atoms. The van der Waals surface area contributed by atoms with Crippen LogP contribution < -0.4 is 16.0 Å². The van der Waals surface area contributed by atoms with Gasteiger partial charge in [0.2, 0.25) is 5.91 Å². The lowest BCUT2D eigenvalue weighted by atomic mass is 10.0. The lowest BCUT2D eigenvalue weighted by Crippen LogP contribution is -2.36. The minimum absolute atomic E-state index is 0.0262. The van der Waals surface area contributed by atoms with E-state index in [9.17, 15) is 9.59 Å². The first kappa shape index (κ1) is 20.1. The third-order valence-corrected chi connectivity index (χ3v) is 5.69. The molecule has 6 heteroatoms. The van der Waals surface area contributed by atoms with Crippen molar-refractivity contribution in [1.29, 1.82) is 0 Å². The van der Waals surface area contributed by atoms with Crippen LogP contribution in [0.25, 0.3) is 0 Å². The molecule has 0 bridgehead atoms. The number of hydrogen-bond donors (Lipinski definition) is 3. The summed E-state index contributed by atoms with van der Waals surface area (Å²) in [6.07, 6.45) is 7.15. The molecule has 2 aliphatic rings. The number of carbonyl (C=O) groups is 2. The number of rotatable bonds is 9. The maximum absolute atomic E-state index is 11.6. The molecule has 2 rings (SSSR count). The molecule has 2 fully saturated rings. The zero-order valence-electron chi connectivity index (χ0n) is 14.8. The largest absolute Gasteiger partial charge is 0.356 e. The average molecular weight is 344 g/mol. The number of carbonyl (C=O) groups excluding carboxylic acids is 2. The van der Waals surface area contributed by atoms with Crippen LogP contribution in [0.2, 0.25) is 0 Å². The normalized spacial score (nSPS) is 25.0. The number of thioether (sulfide) groups is 1. The van der Waals surface area contributed by atoms with Gasteiger partial charge in [0.05, 0.1) is 12.1 Å². The Morgan fingerprint density at radius 2 is 2.00 bits per heavy atom. The van der Waals surface area contributed by atoms with Crippen LogP contribution in [0.1, 0.15) is 65.7 Å². The molecule has 3 atom stereocenters. The molecule has 134 valence electrons. The predicted molar refractivity (Wildman–Crippen MR) is 97.8 cm³/mol. The minimum atomic E-state index is -0.0262. The maximum atomic E-state index is 11.6. The topological polar surface area (TPSA) is 70.2 Å². The van der Waals surface area contributed by atoms with Gasteiger partial charge in [-0.2, -0.15) is 11.8 Å². The predicted octanol–water partition coefficient (Wildman–Crippen LogP) is 3.04. The first-order valence-corrected chi connectivity index (χ1v) is 10.2. The van der Waals surface area contributed by atoms with E-state index in [-0.39, 0.29) is 18.0 Å². The summed E-state index contributed by atoms with van der Waals surface area (Å²) >= 11 is 1.94. The van der Waals surface area contributed by atoms with Crippen LogP contribution >= 0.6 is 11.8 Å². The Morgan fingerprint density at radius 3 is 2.74 bits per heavy atom. The van der Waals surface area contributed by atoms with Gasteiger partial charge < -0.3 is 16.0 Å². The van der Waals surface area contributed by atoms with E-state index in [1.807, 2.05) is 25.6 Å². The second kappa shape index (κ2) is 11.6. The summed E-state index contributed by atoms with van der Waals surface area (Å²) in [4.78, 5) is 22.9. The van der Waals surface area contributed by atoms with Crippen molar-refractivity contribution in [1.82, 2.24) is 16.0 Å². The van der Waals surface area contributed by atoms with Crippen molar-refractivity contribution in [2.24, 2.45) is 0 Å². The smallest absolute Gasteiger partial charge is 0.315 e. The van der Waals surface area contributed by atoms with Gasteiger partial charge in [-0.1, -0.05) is 40.0 Å². The van der Waals surface area contributed by atoms with E-state index in [2.05, 4.69) is 22.9 Å². The summed E-state index contributed by atoms with van der Waals surface area (Å²) < 4.78 is 0. The Labute approximate surface area is 145 Å². The molecule has 2 aliphatic heterocycles. The van der Waals surface area contributed by atoms with Crippen LogP contribution in [0.3, 0.4) is 0 Å². The van der Waals surface area contributed by atoms with Gasteiger partial charge in [-0.05, 0) is 19.3 Å². The quantitative estimate of drug-likeness (QED) is 0.445. The summed E-state index contributed by atoms with van der Waals surface area (Å²) in [5.74, 6) is 1.19. The van der Waals surface area contributed by atoms with Gasteiger partial charge in [0.25, 0.3) is 0 Å². The first-order chi connectivity index (χ1) is 11.2. The fourth-order valence-electron chi connectivity index (χ4n) is 2.97. The van der Waals surface area contributed by atoms with Crippen LogP contribution in [0, 0.1) is 0 Å². The highest BCUT2D eigenvalue weighted by Gasteiger charge is 2.42. The molecule has 0 saturated carbocycles. The van der Waals surface area contributed by atoms with Crippen LogP contribution in [0.15, 0.2) is 0 Å². The Morgan fingerprint density at radius 1 is 1.22 bits per heavy atom. The van der Waals surface area contributed by atoms with Gasteiger partial charge in [0, 0.05) is 24.0 Å². The van der Waals surface area contributed by atoms with E-state index in [1.54, 1.807) is 0 Å². The number of fused-ring (bicyclic) bond motifs is 1. The van der Waals surface area contributed by atoms with E-state index in [0.29, 0.717) is 17.7 Å². The molecule has 0 aromatic carbocycles. The zero-order chi connectivity index (χ0) is 17.1. The third kappa shape index (κ3) is 7.02. The van der Waals surface area contributed by atoms with Crippen LogP contribution in [-0.4, -0.2) is 41.6 Å². The fraction of sp³-hybridized carbons (Fsp3) is 0.882. The van der Waals surface area contributed by atoms with Gasteiger partial charge in [-0.3, -0.25) is 4.79 Å². The van der Waals surface area contributed by atoms with Crippen molar-refractivity contribution in [3.05, 3.63) is 0 Å². The molecular weight excluding hydrogens is 310 g/mol. The summed E-state index contributed by atoms with van der Waals surface area (Å²) in [5, 5.41) is 9.44. The standard InChI is InChI=1S/C15H27N3O2S.C2H6/c1-2-3-6-9-16-13(19)8-5-4-7-12-14-11(10-21-12)17-15(20)18-14;1-2/h11-12,14H,2-10H2,1H3,(H,16,19)(H2,17,18,20);1-2H3. The third-order valence-electron chi connectivity index (χ3n) is 4.18. The highest BCUT2D eigenvalue weighted by atomic mass is 32.2. The van der Waals surface area contributed by atoms with Crippen molar-refractivity contribution in [2.45, 2.75) is 83.1 Å². The lowest BCUT2D eigenvalue weighted by Gasteiger charge is -2.16. The van der Waals surface area contributed by atoms with Crippen LogP contribution in [0.5, 0.6) is 0 Å². The number of urea groups is 1. The number of hydrogen-bond acceptors (Lipinski definition) is 3. The Bertz CT molecular complexity index is 366. The van der Waals surface area contributed by atoms with E-state index in [4.69, 9.17) is 0 Å². The molecule has 2 saturated heterocycles. The van der Waals surface area contributed by atoms with Crippen molar-refractivity contribution in [3.8, 4) is 0 Å². The zero-order valence-corrected chi connectivity index (χ0v) is 15.6. The lowest BCUT2D eigenvalue weighted by molar-refractivity contribution is -0.121. The Kier molecular flexibility index (Phi) is 10.2. The first-order valence-electron chi connectivity index (χ1n) is 9.16. The van der Waals surface area contributed by atoms with Gasteiger partial charge in [-0.25, -0.2) is 4.79 Å². The van der Waals surface area contributed by atoms with Crippen molar-refractivity contribution >= 4 is 23.7 Å². The molecule has 2 heterocycles. The number of amides is 3. The summed E-state index contributed by atoms with van der Waals surface area (Å²) in [6.45, 7) is 6.97. The summed E-state index contributed by atoms with van der Waals surface area (Å²) in [6, 6.07) is 0.557. The second-order valence-electron chi connectivity index (χ2n) is 5.92. The van der Waals surface area contributed by atoms with Crippen LogP contribution in [-0.2, 0) is 4.79 Å². The highest BCUT2D eigenvalue weighted by molar-refractivity contribution is 8.00. The minimum Gasteiger partial charge on any atom is -0.356 e. The van der Waals surface area contributed by atoms with E-state index in [0.717, 1.165) is 38.0 Å². The molecule has 3 N–H and O–H groups in total. The van der Waals surface area contributed by atoms with Crippen LogP contribution in [0.4, 0.5) is 4.79 Å². The Hall–Kier alpha value is -0.910. The van der Waals surface area contributed by atoms with E-state index in [1.165, 1.54) is 12.8 Å². The SMILES string of the molecule is CC.CCCCCNC(=O)CCCCC1SCC2NC(=O)NC21. The number of nitrogens with one attached hydrogen (secondary N) is 3. The average Bonchev–Trinajstić information content (AvgIpc) is 3.10. The van der Waals surface area contributed by atoms with E-state index < -0.39 is 0 Å². The van der Waals surface area contributed by atoms with Crippen molar-refractivity contribution in [2.75, 3.05) is 12.3 Å². The van der Waals surface area contributed by atoms with Gasteiger partial charge in [-0.15, -0.1) is 0 Å². The van der Waals surface area contributed by atoms with Gasteiger partial charge in [0.1, 0.15) is 0 Å². The molecular formula is C17H33N3O2S. The van der Waals surface area contributed by atoms with Crippen molar-refractivity contribution < 1.29 is 9.59 Å². The van der Waals surface area contributed by atoms with Crippen molar-refractivity contribution in [3.63, 3.8) is 0 Å². The maximum Gasteiger partial charge on any atom is 0.315 e. The molecule has 0 aromatic rings. The molecule has 0 aliphatic carbocycles. The Balaban J connectivity index is 0.00000127.